The van der Waals surface area contributed by atoms with Gasteiger partial charge in [-0.3, -0.25) is 14.8 Å². The number of halogens is 1. The number of amidine groups is 1. The molecule has 0 radical (unpaired) electrons. The predicted molar refractivity (Wildman–Crippen MR) is 88.4 cm³/mol. The van der Waals surface area contributed by atoms with Crippen molar-refractivity contribution in [2.24, 2.45) is 10.7 Å². The van der Waals surface area contributed by atoms with E-state index in [0.29, 0.717) is 30.1 Å². The molecule has 3 N–H and O–H groups in total. The molecule has 124 valence electrons. The normalized spacial score (nSPS) is 17.7. The van der Waals surface area contributed by atoms with Gasteiger partial charge in [0.05, 0.1) is 6.04 Å². The molecule has 2 heterocycles. The molecule has 6 nitrogen and oxygen atoms in total. The number of aliphatic imine (C=N–C) groups is 1. The molecule has 0 saturated heterocycles. The third kappa shape index (κ3) is 3.75. The van der Waals surface area contributed by atoms with Crippen LogP contribution in [0.15, 0.2) is 47.6 Å². The van der Waals surface area contributed by atoms with Crippen molar-refractivity contribution in [3.8, 4) is 0 Å². The third-order valence-corrected chi connectivity index (χ3v) is 3.62. The van der Waals surface area contributed by atoms with Gasteiger partial charge < -0.3 is 15.8 Å². The first kappa shape index (κ1) is 16.1. The van der Waals surface area contributed by atoms with Gasteiger partial charge in [-0.1, -0.05) is 6.07 Å². The summed E-state index contributed by atoms with van der Waals surface area (Å²) in [5.74, 6) is -0.422. The number of ether oxygens (including phenoxy) is 1. The molecule has 0 fully saturated rings. The van der Waals surface area contributed by atoms with Gasteiger partial charge in [0.2, 0.25) is 0 Å². The monoisotopic (exact) mass is 328 g/mol. The van der Waals surface area contributed by atoms with E-state index in [2.05, 4.69) is 15.3 Å². The number of nitrogens with one attached hydrogen (secondary N) is 1. The van der Waals surface area contributed by atoms with Gasteiger partial charge in [-0.05, 0) is 36.8 Å². The van der Waals surface area contributed by atoms with E-state index in [4.69, 9.17) is 10.5 Å². The molecule has 24 heavy (non-hydrogen) atoms. The van der Waals surface area contributed by atoms with Crippen LogP contribution in [-0.2, 0) is 4.74 Å². The number of hydrogen-bond acceptors (Lipinski definition) is 5. The number of carbonyl (C=O) groups excluding carboxylic acids is 1. The molecule has 1 aliphatic rings. The molecule has 1 aromatic carbocycles. The van der Waals surface area contributed by atoms with Gasteiger partial charge in [0, 0.05) is 24.1 Å². The fourth-order valence-corrected chi connectivity index (χ4v) is 2.47. The lowest BCUT2D eigenvalue weighted by molar-refractivity contribution is 0.102. The molecular weight excluding hydrogens is 311 g/mol. The van der Waals surface area contributed by atoms with Crippen LogP contribution in [0.1, 0.15) is 28.5 Å². The predicted octanol–water partition coefficient (Wildman–Crippen LogP) is 2.29. The minimum Gasteiger partial charge on any atom is -0.386 e. The number of aromatic nitrogens is 1. The molecule has 0 spiro atoms. The summed E-state index contributed by atoms with van der Waals surface area (Å²) in [6, 6.07) is 9.00. The Balaban J connectivity index is 1.83. The average molecular weight is 328 g/mol. The summed E-state index contributed by atoms with van der Waals surface area (Å²) < 4.78 is 19.5. The lowest BCUT2D eigenvalue weighted by Crippen LogP contribution is -2.18. The second-order valence-corrected chi connectivity index (χ2v) is 5.38. The molecule has 0 aliphatic carbocycles. The highest BCUT2D eigenvalue weighted by Crippen LogP contribution is 2.28. The van der Waals surface area contributed by atoms with Crippen LogP contribution in [-0.4, -0.2) is 29.9 Å². The van der Waals surface area contributed by atoms with Crippen molar-refractivity contribution in [2.45, 2.75) is 12.5 Å². The zero-order valence-electron chi connectivity index (χ0n) is 12.9. The lowest BCUT2D eigenvalue weighted by Gasteiger charge is -2.14. The van der Waals surface area contributed by atoms with Crippen molar-refractivity contribution in [2.75, 3.05) is 18.5 Å². The van der Waals surface area contributed by atoms with Crippen molar-refractivity contribution < 1.29 is 13.9 Å². The van der Waals surface area contributed by atoms with Gasteiger partial charge >= 0.3 is 0 Å². The van der Waals surface area contributed by atoms with Crippen molar-refractivity contribution in [1.29, 1.82) is 0 Å². The van der Waals surface area contributed by atoms with Crippen LogP contribution in [0, 0.1) is 5.82 Å². The van der Waals surface area contributed by atoms with E-state index >= 15 is 0 Å². The number of carbonyl (C=O) groups is 1. The first-order chi connectivity index (χ1) is 11.6. The Labute approximate surface area is 138 Å². The summed E-state index contributed by atoms with van der Waals surface area (Å²) in [6.07, 6.45) is 2.06. The van der Waals surface area contributed by atoms with E-state index < -0.39 is 11.9 Å². The fourth-order valence-electron chi connectivity index (χ4n) is 2.47. The van der Waals surface area contributed by atoms with E-state index in [-0.39, 0.29) is 18.2 Å². The Morgan fingerprint density at radius 3 is 3.00 bits per heavy atom. The van der Waals surface area contributed by atoms with Crippen LogP contribution in [0.25, 0.3) is 0 Å². The highest BCUT2D eigenvalue weighted by Gasteiger charge is 2.19. The number of hydrogen-bond donors (Lipinski definition) is 2. The lowest BCUT2D eigenvalue weighted by atomic mass is 10.0. The fraction of sp³-hybridized carbons (Fsp3) is 0.235. The van der Waals surface area contributed by atoms with Crippen LogP contribution in [0.4, 0.5) is 10.1 Å². The van der Waals surface area contributed by atoms with Crippen LogP contribution in [0.2, 0.25) is 0 Å². The zero-order chi connectivity index (χ0) is 16.9. The Morgan fingerprint density at radius 2 is 2.21 bits per heavy atom. The van der Waals surface area contributed by atoms with Crippen molar-refractivity contribution in [3.05, 3.63) is 59.7 Å². The summed E-state index contributed by atoms with van der Waals surface area (Å²) in [6.45, 7) is 0.688. The molecule has 1 atom stereocenters. The van der Waals surface area contributed by atoms with Gasteiger partial charge in [-0.2, -0.15) is 0 Å². The number of nitrogens with zero attached hydrogens (tertiary/aromatic N) is 2. The van der Waals surface area contributed by atoms with E-state index in [0.717, 1.165) is 0 Å². The number of pyridine rings is 1. The number of anilines is 1. The SMILES string of the molecule is NC1=NC(c2cc(NC(=O)c3ccccn3)ccc2F)CCOC1. The average Bonchev–Trinajstić information content (AvgIpc) is 2.82. The number of benzene rings is 1. The van der Waals surface area contributed by atoms with Gasteiger partial charge in [-0.25, -0.2) is 4.39 Å². The first-order valence-electron chi connectivity index (χ1n) is 7.55. The van der Waals surface area contributed by atoms with Crippen LogP contribution in [0.5, 0.6) is 0 Å². The summed E-state index contributed by atoms with van der Waals surface area (Å²) in [7, 11) is 0. The molecular formula is C17H17FN4O2. The standard InChI is InChI=1S/C17H17FN4O2/c18-13-5-4-11(21-17(23)15-3-1-2-7-20-15)9-12(13)14-6-8-24-10-16(19)22-14/h1-5,7,9,14H,6,8,10H2,(H2,19,22)(H,21,23). The Bertz CT molecular complexity index is 764. The maximum Gasteiger partial charge on any atom is 0.274 e. The smallest absolute Gasteiger partial charge is 0.274 e. The van der Waals surface area contributed by atoms with E-state index in [1.54, 1.807) is 24.3 Å². The second kappa shape index (κ2) is 7.18. The third-order valence-electron chi connectivity index (χ3n) is 3.62. The number of amides is 1. The molecule has 7 heteroatoms. The number of nitrogens with two attached hydrogens (primary N) is 1. The molecule has 2 aromatic rings. The summed E-state index contributed by atoms with van der Waals surface area (Å²) >= 11 is 0. The Hall–Kier alpha value is -2.80. The Kier molecular flexibility index (Phi) is 4.81. The van der Waals surface area contributed by atoms with Crippen molar-refractivity contribution >= 4 is 17.4 Å². The quantitative estimate of drug-likeness (QED) is 0.904. The van der Waals surface area contributed by atoms with Crippen LogP contribution >= 0.6 is 0 Å². The second-order valence-electron chi connectivity index (χ2n) is 5.38. The maximum absolute atomic E-state index is 14.2. The molecule has 1 aromatic heterocycles. The van der Waals surface area contributed by atoms with Crippen molar-refractivity contribution in [3.63, 3.8) is 0 Å². The topological polar surface area (TPSA) is 89.6 Å². The first-order valence-corrected chi connectivity index (χ1v) is 7.55. The van der Waals surface area contributed by atoms with Gasteiger partial charge in [0.15, 0.2) is 0 Å². The summed E-state index contributed by atoms with van der Waals surface area (Å²) in [5.41, 5.74) is 6.87. The van der Waals surface area contributed by atoms with E-state index in [9.17, 15) is 9.18 Å². The van der Waals surface area contributed by atoms with Gasteiger partial charge in [0.1, 0.15) is 24.0 Å². The summed E-state index contributed by atoms with van der Waals surface area (Å²) in [4.78, 5) is 20.4. The zero-order valence-corrected chi connectivity index (χ0v) is 12.9. The summed E-state index contributed by atoms with van der Waals surface area (Å²) in [5, 5.41) is 2.71. The minimum absolute atomic E-state index is 0.244. The Morgan fingerprint density at radius 1 is 1.33 bits per heavy atom. The molecule has 0 bridgehead atoms. The van der Waals surface area contributed by atoms with Gasteiger partial charge in [0.25, 0.3) is 5.91 Å². The molecule has 3 rings (SSSR count). The van der Waals surface area contributed by atoms with Crippen LogP contribution in [0.3, 0.4) is 0 Å². The van der Waals surface area contributed by atoms with Gasteiger partial charge in [-0.15, -0.1) is 0 Å². The largest absolute Gasteiger partial charge is 0.386 e. The molecule has 1 aliphatic heterocycles. The van der Waals surface area contributed by atoms with Crippen molar-refractivity contribution in [1.82, 2.24) is 4.98 Å². The molecule has 1 amide bonds. The maximum atomic E-state index is 14.2. The van der Waals surface area contributed by atoms with E-state index in [1.807, 2.05) is 0 Å². The highest BCUT2D eigenvalue weighted by atomic mass is 19.1. The van der Waals surface area contributed by atoms with Crippen LogP contribution < -0.4 is 11.1 Å². The molecule has 0 saturated carbocycles. The molecule has 1 unspecified atom stereocenters. The van der Waals surface area contributed by atoms with E-state index in [1.165, 1.54) is 18.3 Å². The minimum atomic E-state index is -0.431. The number of rotatable bonds is 3. The highest BCUT2D eigenvalue weighted by molar-refractivity contribution is 6.02.